The van der Waals surface area contributed by atoms with Crippen LogP contribution in [0.15, 0.2) is 32.7 Å². The number of hydrogen-bond donors (Lipinski definition) is 1. The first-order chi connectivity index (χ1) is 5.58. The maximum absolute atomic E-state index is 9.40. The van der Waals surface area contributed by atoms with Crippen molar-refractivity contribution in [3.8, 4) is 0 Å². The molecule has 1 heterocycles. The fourth-order valence-electron chi connectivity index (χ4n) is 1.03. The molecule has 0 amide bonds. The lowest BCUT2D eigenvalue weighted by atomic mass is 10.3. The molecule has 0 spiro atoms. The van der Waals surface area contributed by atoms with Crippen LogP contribution in [0.1, 0.15) is 0 Å². The molecule has 1 atom stereocenters. The molecule has 1 aromatic rings. The molecule has 1 aromatic carbocycles. The summed E-state index contributed by atoms with van der Waals surface area (Å²) in [5.41, 5.74) is 0. The molecule has 1 aliphatic heterocycles. The summed E-state index contributed by atoms with van der Waals surface area (Å²) in [5.74, 6) is 0. The average Bonchev–Trinajstić information content (AvgIpc) is 2.25. The quantitative estimate of drug-likeness (QED) is 0.555. The normalized spacial score (nSPS) is 25.9. The van der Waals surface area contributed by atoms with Gasteiger partial charge in [-0.15, -0.1) is 0 Å². The SMILES string of the molecule is OC1(Br)N=c2cccc(Br)c2=N1. The van der Waals surface area contributed by atoms with Crippen LogP contribution >= 0.6 is 31.9 Å². The van der Waals surface area contributed by atoms with E-state index >= 15 is 0 Å². The predicted molar refractivity (Wildman–Crippen MR) is 50.3 cm³/mol. The Balaban J connectivity index is 2.86. The van der Waals surface area contributed by atoms with Crippen LogP contribution in [0.3, 0.4) is 0 Å². The van der Waals surface area contributed by atoms with Gasteiger partial charge in [0.2, 0.25) is 0 Å². The molecule has 12 heavy (non-hydrogen) atoms. The number of benzene rings is 1. The minimum atomic E-state index is -1.47. The van der Waals surface area contributed by atoms with Crippen molar-refractivity contribution in [1.29, 1.82) is 0 Å². The van der Waals surface area contributed by atoms with Crippen LogP contribution in [-0.2, 0) is 0 Å². The van der Waals surface area contributed by atoms with Crippen LogP contribution in [-0.4, -0.2) is 9.86 Å². The van der Waals surface area contributed by atoms with E-state index in [9.17, 15) is 5.11 Å². The lowest BCUT2D eigenvalue weighted by Gasteiger charge is -2.02. The molecule has 0 aliphatic carbocycles. The van der Waals surface area contributed by atoms with Crippen molar-refractivity contribution < 1.29 is 5.11 Å². The van der Waals surface area contributed by atoms with Crippen LogP contribution in [0.5, 0.6) is 0 Å². The van der Waals surface area contributed by atoms with Gasteiger partial charge >= 0.3 is 4.76 Å². The lowest BCUT2D eigenvalue weighted by molar-refractivity contribution is 0.164. The van der Waals surface area contributed by atoms with Gasteiger partial charge in [0.1, 0.15) is 5.36 Å². The number of fused-ring (bicyclic) bond motifs is 1. The second kappa shape index (κ2) is 2.61. The maximum Gasteiger partial charge on any atom is 0.315 e. The molecular weight excluding hydrogens is 288 g/mol. The molecule has 1 aliphatic rings. The average molecular weight is 292 g/mol. The minimum absolute atomic E-state index is 0.678. The van der Waals surface area contributed by atoms with E-state index in [4.69, 9.17) is 0 Å². The first-order valence-electron chi connectivity index (χ1n) is 3.24. The van der Waals surface area contributed by atoms with Crippen LogP contribution in [0, 0.1) is 0 Å². The van der Waals surface area contributed by atoms with E-state index in [-0.39, 0.29) is 0 Å². The molecule has 0 saturated carbocycles. The van der Waals surface area contributed by atoms with Gasteiger partial charge in [-0.05, 0) is 28.1 Å². The van der Waals surface area contributed by atoms with Gasteiger partial charge in [-0.3, -0.25) is 0 Å². The van der Waals surface area contributed by atoms with Gasteiger partial charge < -0.3 is 5.11 Å². The van der Waals surface area contributed by atoms with E-state index in [2.05, 4.69) is 41.8 Å². The summed E-state index contributed by atoms with van der Waals surface area (Å²) in [4.78, 5) is 7.86. The van der Waals surface area contributed by atoms with E-state index in [1.165, 1.54) is 0 Å². The number of hydrogen-bond acceptors (Lipinski definition) is 3. The molecule has 2 rings (SSSR count). The largest absolute Gasteiger partial charge is 0.342 e. The predicted octanol–water partition coefficient (Wildman–Crippen LogP) is 0.700. The van der Waals surface area contributed by atoms with Gasteiger partial charge in [0.15, 0.2) is 0 Å². The van der Waals surface area contributed by atoms with Gasteiger partial charge in [-0.25, -0.2) is 9.98 Å². The Morgan fingerprint density at radius 2 is 2.08 bits per heavy atom. The van der Waals surface area contributed by atoms with Crippen LogP contribution in [0.25, 0.3) is 0 Å². The fraction of sp³-hybridized carbons (Fsp3) is 0.143. The Labute approximate surface area is 85.1 Å². The Hall–Kier alpha value is -0.260. The first kappa shape index (κ1) is 8.34. The molecule has 1 unspecified atom stereocenters. The molecule has 0 fully saturated rings. The third-order valence-corrected chi connectivity index (χ3v) is 2.48. The highest BCUT2D eigenvalue weighted by molar-refractivity contribution is 9.10. The molecular formula is C7H4Br2N2O. The monoisotopic (exact) mass is 290 g/mol. The molecule has 0 bridgehead atoms. The van der Waals surface area contributed by atoms with Crippen molar-refractivity contribution in [2.24, 2.45) is 9.98 Å². The smallest absolute Gasteiger partial charge is 0.315 e. The van der Waals surface area contributed by atoms with Crippen LogP contribution in [0.2, 0.25) is 0 Å². The second-order valence-electron chi connectivity index (χ2n) is 2.38. The topological polar surface area (TPSA) is 45.0 Å². The number of rotatable bonds is 0. The van der Waals surface area contributed by atoms with Gasteiger partial charge in [-0.2, -0.15) is 0 Å². The molecule has 5 heteroatoms. The van der Waals surface area contributed by atoms with Crippen molar-refractivity contribution in [2.45, 2.75) is 4.76 Å². The summed E-state index contributed by atoms with van der Waals surface area (Å²) in [7, 11) is 0. The number of halogens is 2. The zero-order chi connectivity index (χ0) is 8.77. The van der Waals surface area contributed by atoms with Gasteiger partial charge in [-0.1, -0.05) is 6.07 Å². The van der Waals surface area contributed by atoms with Crippen molar-refractivity contribution in [1.82, 2.24) is 0 Å². The fourth-order valence-corrected chi connectivity index (χ4v) is 1.84. The summed E-state index contributed by atoms with van der Waals surface area (Å²) >= 11 is 6.27. The standard InChI is InChI=1S/C7H4Br2N2O/c8-4-2-1-3-5-6(4)11-7(9,12)10-5/h1-3,12H. The summed E-state index contributed by atoms with van der Waals surface area (Å²) < 4.78 is -0.640. The Kier molecular flexibility index (Phi) is 1.82. The summed E-state index contributed by atoms with van der Waals surface area (Å²) in [6.45, 7) is 0. The van der Waals surface area contributed by atoms with E-state index < -0.39 is 4.76 Å². The van der Waals surface area contributed by atoms with Crippen molar-refractivity contribution >= 4 is 31.9 Å². The minimum Gasteiger partial charge on any atom is -0.342 e. The maximum atomic E-state index is 9.40. The first-order valence-corrected chi connectivity index (χ1v) is 4.83. The van der Waals surface area contributed by atoms with Crippen molar-refractivity contribution in [3.63, 3.8) is 0 Å². The van der Waals surface area contributed by atoms with E-state index in [1.807, 2.05) is 12.1 Å². The molecule has 1 N–H and O–H groups in total. The summed E-state index contributed by atoms with van der Waals surface area (Å²) in [6.07, 6.45) is 0. The Morgan fingerprint density at radius 1 is 1.33 bits per heavy atom. The van der Waals surface area contributed by atoms with E-state index in [0.29, 0.717) is 10.7 Å². The molecule has 62 valence electrons. The zero-order valence-corrected chi connectivity index (χ0v) is 9.00. The number of aliphatic hydroxyl groups is 1. The molecule has 0 saturated heterocycles. The Morgan fingerprint density at radius 3 is 2.75 bits per heavy atom. The van der Waals surface area contributed by atoms with Gasteiger partial charge in [0, 0.05) is 20.4 Å². The second-order valence-corrected chi connectivity index (χ2v) is 4.30. The van der Waals surface area contributed by atoms with Crippen LogP contribution in [0.4, 0.5) is 0 Å². The highest BCUT2D eigenvalue weighted by Gasteiger charge is 2.23. The lowest BCUT2D eigenvalue weighted by Crippen LogP contribution is -2.21. The third-order valence-electron chi connectivity index (χ3n) is 1.48. The van der Waals surface area contributed by atoms with Crippen molar-refractivity contribution in [3.05, 3.63) is 33.4 Å². The molecule has 0 radical (unpaired) electrons. The van der Waals surface area contributed by atoms with E-state index in [0.717, 1.165) is 4.47 Å². The molecule has 0 aromatic heterocycles. The molecule has 3 nitrogen and oxygen atoms in total. The van der Waals surface area contributed by atoms with Gasteiger partial charge in [0.25, 0.3) is 0 Å². The Bertz CT molecular complexity index is 441. The summed E-state index contributed by atoms with van der Waals surface area (Å²) in [5, 5.41) is 10.8. The highest BCUT2D eigenvalue weighted by atomic mass is 79.9. The highest BCUT2D eigenvalue weighted by Crippen LogP contribution is 2.18. The van der Waals surface area contributed by atoms with Crippen molar-refractivity contribution in [2.75, 3.05) is 0 Å². The van der Waals surface area contributed by atoms with Gasteiger partial charge in [0.05, 0.1) is 5.36 Å². The van der Waals surface area contributed by atoms with Crippen LogP contribution < -0.4 is 10.7 Å². The number of para-hydroxylation sites is 1. The number of nitrogens with zero attached hydrogens (tertiary/aromatic N) is 2. The van der Waals surface area contributed by atoms with E-state index in [1.54, 1.807) is 6.07 Å². The zero-order valence-electron chi connectivity index (χ0n) is 5.83. The summed E-state index contributed by atoms with van der Waals surface area (Å²) in [6, 6.07) is 5.49. The number of alkyl halides is 1. The third kappa shape index (κ3) is 1.32.